The zero-order valence-corrected chi connectivity index (χ0v) is 12.4. The van der Waals surface area contributed by atoms with Gasteiger partial charge in [0.2, 0.25) is 0 Å². The third-order valence-corrected chi connectivity index (χ3v) is 5.74. The van der Waals surface area contributed by atoms with Crippen molar-refractivity contribution in [1.82, 2.24) is 10.3 Å². The van der Waals surface area contributed by atoms with E-state index < -0.39 is 9.84 Å². The van der Waals surface area contributed by atoms with Crippen molar-refractivity contribution >= 4 is 20.7 Å². The zero-order chi connectivity index (χ0) is 14.9. The second-order valence-corrected chi connectivity index (χ2v) is 7.84. The fourth-order valence-electron chi connectivity index (χ4n) is 2.77. The van der Waals surface area contributed by atoms with Crippen LogP contribution in [0.3, 0.4) is 0 Å². The molecule has 0 radical (unpaired) electrons. The first kappa shape index (κ1) is 14.3. The summed E-state index contributed by atoms with van der Waals surface area (Å²) >= 11 is 0. The summed E-state index contributed by atoms with van der Waals surface area (Å²) in [5.41, 5.74) is 1.41. The predicted molar refractivity (Wildman–Crippen MR) is 83.0 cm³/mol. The number of benzene rings is 1. The number of para-hydroxylation sites is 1. The lowest BCUT2D eigenvalue weighted by Crippen LogP contribution is -2.26. The average molecular weight is 306 g/mol. The summed E-state index contributed by atoms with van der Waals surface area (Å²) in [6, 6.07) is 9.53. The molecule has 1 aliphatic heterocycles. The number of hydrogen-bond acceptors (Lipinski definition) is 4. The SMILES string of the molecule is O=c1[nH]c2ccccc2cc1CNCC1CCS(=O)(=O)C1. The van der Waals surface area contributed by atoms with Crippen LogP contribution in [0, 0.1) is 5.92 Å². The number of H-pyrrole nitrogens is 1. The maximum Gasteiger partial charge on any atom is 0.252 e. The van der Waals surface area contributed by atoms with Gasteiger partial charge in [-0.25, -0.2) is 8.42 Å². The molecular weight excluding hydrogens is 288 g/mol. The molecule has 0 amide bonds. The van der Waals surface area contributed by atoms with Crippen LogP contribution in [-0.4, -0.2) is 31.5 Å². The van der Waals surface area contributed by atoms with Crippen molar-refractivity contribution in [3.63, 3.8) is 0 Å². The third-order valence-electron chi connectivity index (χ3n) is 3.91. The van der Waals surface area contributed by atoms with E-state index >= 15 is 0 Å². The second-order valence-electron chi connectivity index (χ2n) is 5.61. The monoisotopic (exact) mass is 306 g/mol. The Kier molecular flexibility index (Phi) is 3.82. The molecule has 1 aliphatic rings. The number of rotatable bonds is 4. The molecule has 1 saturated heterocycles. The molecule has 2 heterocycles. The summed E-state index contributed by atoms with van der Waals surface area (Å²) in [4.78, 5) is 14.8. The molecule has 1 aromatic carbocycles. The first-order valence-electron chi connectivity index (χ1n) is 7.05. The standard InChI is InChI=1S/C15H18N2O3S/c18-15-13(7-12-3-1-2-4-14(12)17-15)9-16-8-11-5-6-21(19,20)10-11/h1-4,7,11,16H,5-6,8-10H2,(H,17,18). The first-order chi connectivity index (χ1) is 10.0. The first-order valence-corrected chi connectivity index (χ1v) is 8.88. The summed E-state index contributed by atoms with van der Waals surface area (Å²) in [7, 11) is -2.84. The van der Waals surface area contributed by atoms with Gasteiger partial charge in [-0.15, -0.1) is 0 Å². The highest BCUT2D eigenvalue weighted by Crippen LogP contribution is 2.17. The number of aromatic amines is 1. The van der Waals surface area contributed by atoms with E-state index in [2.05, 4.69) is 10.3 Å². The molecule has 1 fully saturated rings. The summed E-state index contributed by atoms with van der Waals surface area (Å²) < 4.78 is 22.8. The minimum Gasteiger partial charge on any atom is -0.322 e. The van der Waals surface area contributed by atoms with Gasteiger partial charge in [0, 0.05) is 17.6 Å². The molecule has 21 heavy (non-hydrogen) atoms. The van der Waals surface area contributed by atoms with Crippen molar-refractivity contribution in [3.05, 3.63) is 46.2 Å². The lowest BCUT2D eigenvalue weighted by Gasteiger charge is -2.09. The van der Waals surface area contributed by atoms with Crippen LogP contribution in [0.5, 0.6) is 0 Å². The van der Waals surface area contributed by atoms with E-state index in [0.29, 0.717) is 25.1 Å². The van der Waals surface area contributed by atoms with Crippen LogP contribution in [0.4, 0.5) is 0 Å². The van der Waals surface area contributed by atoms with E-state index in [1.54, 1.807) is 0 Å². The van der Waals surface area contributed by atoms with Gasteiger partial charge < -0.3 is 10.3 Å². The smallest absolute Gasteiger partial charge is 0.252 e. The van der Waals surface area contributed by atoms with E-state index in [9.17, 15) is 13.2 Å². The number of hydrogen-bond donors (Lipinski definition) is 2. The number of nitrogens with one attached hydrogen (secondary N) is 2. The normalized spacial score (nSPS) is 20.9. The van der Waals surface area contributed by atoms with Gasteiger partial charge in [-0.3, -0.25) is 4.79 Å². The highest BCUT2D eigenvalue weighted by atomic mass is 32.2. The van der Waals surface area contributed by atoms with E-state index in [-0.39, 0.29) is 23.0 Å². The Balaban J connectivity index is 1.66. The Morgan fingerprint density at radius 2 is 2.10 bits per heavy atom. The van der Waals surface area contributed by atoms with E-state index in [1.807, 2.05) is 30.3 Å². The maximum atomic E-state index is 12.0. The Morgan fingerprint density at radius 3 is 2.86 bits per heavy atom. The Bertz CT molecular complexity index is 811. The molecule has 112 valence electrons. The molecule has 1 aromatic heterocycles. The van der Waals surface area contributed by atoms with Crippen molar-refractivity contribution in [2.45, 2.75) is 13.0 Å². The molecule has 0 bridgehead atoms. The topological polar surface area (TPSA) is 79.0 Å². The predicted octanol–water partition coefficient (Wildman–Crippen LogP) is 1.05. The number of sulfone groups is 1. The van der Waals surface area contributed by atoms with Crippen molar-refractivity contribution < 1.29 is 8.42 Å². The van der Waals surface area contributed by atoms with Crippen LogP contribution in [0.25, 0.3) is 10.9 Å². The molecule has 0 aliphatic carbocycles. The fourth-order valence-corrected chi connectivity index (χ4v) is 4.63. The van der Waals surface area contributed by atoms with Crippen LogP contribution in [0.2, 0.25) is 0 Å². The molecule has 2 aromatic rings. The van der Waals surface area contributed by atoms with Gasteiger partial charge in [-0.1, -0.05) is 18.2 Å². The van der Waals surface area contributed by atoms with Crippen molar-refractivity contribution in [2.24, 2.45) is 5.92 Å². The third kappa shape index (κ3) is 3.33. The molecule has 1 atom stereocenters. The van der Waals surface area contributed by atoms with Crippen LogP contribution in [-0.2, 0) is 16.4 Å². The minimum absolute atomic E-state index is 0.0970. The van der Waals surface area contributed by atoms with Crippen molar-refractivity contribution in [3.8, 4) is 0 Å². The van der Waals surface area contributed by atoms with Crippen LogP contribution in [0.15, 0.2) is 35.1 Å². The molecule has 3 rings (SSSR count). The maximum absolute atomic E-state index is 12.0. The molecule has 6 heteroatoms. The molecule has 5 nitrogen and oxygen atoms in total. The quantitative estimate of drug-likeness (QED) is 0.885. The van der Waals surface area contributed by atoms with Crippen molar-refractivity contribution in [2.75, 3.05) is 18.1 Å². The lowest BCUT2D eigenvalue weighted by molar-refractivity contribution is 0.520. The fraction of sp³-hybridized carbons (Fsp3) is 0.400. The van der Waals surface area contributed by atoms with Crippen LogP contribution < -0.4 is 10.9 Å². The van der Waals surface area contributed by atoms with Gasteiger partial charge >= 0.3 is 0 Å². The summed E-state index contributed by atoms with van der Waals surface area (Å²) in [6.07, 6.45) is 0.712. The largest absolute Gasteiger partial charge is 0.322 e. The van der Waals surface area contributed by atoms with Gasteiger partial charge in [-0.2, -0.15) is 0 Å². The molecule has 1 unspecified atom stereocenters. The molecular formula is C15H18N2O3S. The summed E-state index contributed by atoms with van der Waals surface area (Å²) in [5.74, 6) is 0.707. The Morgan fingerprint density at radius 1 is 1.29 bits per heavy atom. The molecule has 0 spiro atoms. The summed E-state index contributed by atoms with van der Waals surface area (Å²) in [5, 5.41) is 4.20. The molecule has 2 N–H and O–H groups in total. The van der Waals surface area contributed by atoms with Gasteiger partial charge in [0.1, 0.15) is 0 Å². The number of aromatic nitrogens is 1. The lowest BCUT2D eigenvalue weighted by atomic mass is 10.1. The highest BCUT2D eigenvalue weighted by Gasteiger charge is 2.27. The molecule has 0 saturated carbocycles. The van der Waals surface area contributed by atoms with E-state index in [1.165, 1.54) is 0 Å². The van der Waals surface area contributed by atoms with Crippen LogP contribution in [0.1, 0.15) is 12.0 Å². The zero-order valence-electron chi connectivity index (χ0n) is 11.6. The number of pyridine rings is 1. The van der Waals surface area contributed by atoms with Gasteiger partial charge in [0.05, 0.1) is 11.5 Å². The minimum atomic E-state index is -2.84. The number of fused-ring (bicyclic) bond motifs is 1. The second kappa shape index (κ2) is 5.61. The van der Waals surface area contributed by atoms with Crippen LogP contribution >= 0.6 is 0 Å². The van der Waals surface area contributed by atoms with Gasteiger partial charge in [0.25, 0.3) is 5.56 Å². The van der Waals surface area contributed by atoms with Gasteiger partial charge in [-0.05, 0) is 36.4 Å². The Hall–Kier alpha value is -1.66. The van der Waals surface area contributed by atoms with Gasteiger partial charge in [0.15, 0.2) is 9.84 Å². The van der Waals surface area contributed by atoms with E-state index in [4.69, 9.17) is 0 Å². The highest BCUT2D eigenvalue weighted by molar-refractivity contribution is 7.91. The average Bonchev–Trinajstić information content (AvgIpc) is 2.79. The summed E-state index contributed by atoms with van der Waals surface area (Å²) in [6.45, 7) is 1.09. The van der Waals surface area contributed by atoms with Crippen molar-refractivity contribution in [1.29, 1.82) is 0 Å². The van der Waals surface area contributed by atoms with E-state index in [0.717, 1.165) is 10.9 Å². The Labute approximate surface area is 123 Å².